The third kappa shape index (κ3) is 8.08. The van der Waals surface area contributed by atoms with E-state index in [0.29, 0.717) is 18.7 Å². The Labute approximate surface area is 252 Å². The first-order valence-electron chi connectivity index (χ1n) is 16.9. The summed E-state index contributed by atoms with van der Waals surface area (Å²) in [4.78, 5) is 20.0. The van der Waals surface area contributed by atoms with E-state index in [9.17, 15) is 4.79 Å². The molecule has 1 amide bonds. The fourth-order valence-corrected chi connectivity index (χ4v) is 6.64. The van der Waals surface area contributed by atoms with Crippen LogP contribution in [0.25, 0.3) is 11.0 Å². The molecular weight excluding hydrogens is 522 g/mol. The molecule has 3 aromatic rings. The van der Waals surface area contributed by atoms with Crippen molar-refractivity contribution in [2.24, 2.45) is 0 Å². The van der Waals surface area contributed by atoms with Crippen molar-refractivity contribution in [3.63, 3.8) is 0 Å². The molecule has 6 heteroatoms. The van der Waals surface area contributed by atoms with Gasteiger partial charge < -0.3 is 18.9 Å². The lowest BCUT2D eigenvalue weighted by atomic mass is 10.0. The highest BCUT2D eigenvalue weighted by atomic mass is 16.7. The van der Waals surface area contributed by atoms with E-state index in [-0.39, 0.29) is 18.6 Å². The minimum Gasteiger partial charge on any atom is -0.454 e. The van der Waals surface area contributed by atoms with Crippen LogP contribution in [0.5, 0.6) is 11.5 Å². The molecule has 0 N–H and O–H groups in total. The van der Waals surface area contributed by atoms with Gasteiger partial charge in [0.15, 0.2) is 11.5 Å². The third-order valence-electron chi connectivity index (χ3n) is 9.08. The van der Waals surface area contributed by atoms with E-state index in [1.807, 2.05) is 23.1 Å². The molecule has 1 unspecified atom stereocenters. The van der Waals surface area contributed by atoms with Crippen molar-refractivity contribution in [1.82, 2.24) is 9.55 Å². The number of benzene rings is 2. The first-order chi connectivity index (χ1) is 20.7. The largest absolute Gasteiger partial charge is 0.454 e. The molecule has 0 bridgehead atoms. The summed E-state index contributed by atoms with van der Waals surface area (Å²) in [6.07, 6.45) is 22.5. The van der Waals surface area contributed by atoms with Gasteiger partial charge in [-0.3, -0.25) is 4.79 Å². The minimum atomic E-state index is 0.0800. The number of fused-ring (bicyclic) bond motifs is 2. The molecule has 42 heavy (non-hydrogen) atoms. The molecule has 1 fully saturated rings. The number of anilines is 1. The van der Waals surface area contributed by atoms with Gasteiger partial charge in [-0.25, -0.2) is 4.98 Å². The fourth-order valence-electron chi connectivity index (χ4n) is 6.64. The number of aryl methyl sites for hydroxylation is 1. The van der Waals surface area contributed by atoms with Crippen LogP contribution >= 0.6 is 0 Å². The lowest BCUT2D eigenvalue weighted by Gasteiger charge is -2.18. The third-order valence-corrected chi connectivity index (χ3v) is 9.08. The summed E-state index contributed by atoms with van der Waals surface area (Å²) in [5.74, 6) is 2.71. The Kier molecular flexibility index (Phi) is 11.6. The summed E-state index contributed by atoms with van der Waals surface area (Å²) >= 11 is 0. The van der Waals surface area contributed by atoms with Crippen LogP contribution in [0.4, 0.5) is 5.69 Å². The molecule has 1 atom stereocenters. The number of rotatable bonds is 19. The van der Waals surface area contributed by atoms with Crippen LogP contribution in [0.3, 0.4) is 0 Å². The van der Waals surface area contributed by atoms with E-state index in [1.54, 1.807) is 0 Å². The summed E-state index contributed by atoms with van der Waals surface area (Å²) in [7, 11) is 0. The summed E-state index contributed by atoms with van der Waals surface area (Å²) in [5.41, 5.74) is 3.08. The molecule has 5 rings (SSSR count). The van der Waals surface area contributed by atoms with Crippen molar-refractivity contribution in [2.45, 2.75) is 129 Å². The van der Waals surface area contributed by atoms with Gasteiger partial charge in [0.05, 0.1) is 11.0 Å². The first kappa shape index (κ1) is 30.4. The monoisotopic (exact) mass is 573 g/mol. The number of carbonyl (C=O) groups is 1. The van der Waals surface area contributed by atoms with Gasteiger partial charge in [0.25, 0.3) is 0 Å². The number of ether oxygens (including phenoxy) is 2. The summed E-state index contributed by atoms with van der Waals surface area (Å²) < 4.78 is 13.4. The first-order valence-corrected chi connectivity index (χ1v) is 16.9. The zero-order chi connectivity index (χ0) is 29.0. The Hall–Kier alpha value is -3.02. The van der Waals surface area contributed by atoms with Crippen LogP contribution in [-0.4, -0.2) is 28.8 Å². The van der Waals surface area contributed by atoms with E-state index in [1.165, 1.54) is 102 Å². The average molecular weight is 574 g/mol. The second kappa shape index (κ2) is 16.0. The van der Waals surface area contributed by atoms with Crippen molar-refractivity contribution in [2.75, 3.05) is 18.2 Å². The summed E-state index contributed by atoms with van der Waals surface area (Å²) in [6.45, 7) is 4.13. The van der Waals surface area contributed by atoms with Gasteiger partial charge >= 0.3 is 0 Å². The Morgan fingerprint density at radius 1 is 0.762 bits per heavy atom. The molecule has 0 saturated carbocycles. The zero-order valence-electron chi connectivity index (χ0n) is 25.8. The highest BCUT2D eigenvalue weighted by molar-refractivity contribution is 5.97. The number of hydrogen-bond donors (Lipinski definition) is 0. The number of unbranched alkanes of at least 4 members (excludes halogenated alkanes) is 15. The Morgan fingerprint density at radius 2 is 1.38 bits per heavy atom. The molecule has 2 aliphatic rings. The van der Waals surface area contributed by atoms with Crippen molar-refractivity contribution in [3.05, 3.63) is 48.3 Å². The second-order valence-corrected chi connectivity index (χ2v) is 12.4. The molecule has 0 radical (unpaired) electrons. The number of amides is 1. The molecule has 3 heterocycles. The molecule has 2 aromatic carbocycles. The van der Waals surface area contributed by atoms with Gasteiger partial charge in [0.2, 0.25) is 12.7 Å². The van der Waals surface area contributed by atoms with Crippen LogP contribution in [-0.2, 0) is 11.3 Å². The number of carbonyl (C=O) groups excluding carboxylic acids is 1. The smallest absolute Gasteiger partial charge is 0.231 e. The molecular formula is C36H51N3O3. The van der Waals surface area contributed by atoms with Crippen molar-refractivity contribution in [1.29, 1.82) is 0 Å². The average Bonchev–Trinajstić information content (AvgIpc) is 3.73. The van der Waals surface area contributed by atoms with Gasteiger partial charge in [0, 0.05) is 37.2 Å². The van der Waals surface area contributed by atoms with Crippen molar-refractivity contribution >= 4 is 22.6 Å². The van der Waals surface area contributed by atoms with Crippen LogP contribution in [0.1, 0.15) is 128 Å². The van der Waals surface area contributed by atoms with Crippen LogP contribution in [0, 0.1) is 0 Å². The predicted octanol–water partition coefficient (Wildman–Crippen LogP) is 9.55. The highest BCUT2D eigenvalue weighted by Gasteiger charge is 2.35. The van der Waals surface area contributed by atoms with E-state index in [2.05, 4.69) is 35.8 Å². The SMILES string of the molecule is CCCCCCCCCCCCCCCCCCn1c(C2CC(=O)N(c3ccc4c(c3)OCO4)C2)nc2ccccc21. The maximum absolute atomic E-state index is 13.1. The lowest BCUT2D eigenvalue weighted by Crippen LogP contribution is -2.24. The Balaban J connectivity index is 1.03. The molecule has 6 nitrogen and oxygen atoms in total. The maximum Gasteiger partial charge on any atom is 0.231 e. The number of imidazole rings is 1. The van der Waals surface area contributed by atoms with Crippen LogP contribution < -0.4 is 14.4 Å². The van der Waals surface area contributed by atoms with Gasteiger partial charge in [0.1, 0.15) is 5.82 Å². The van der Waals surface area contributed by atoms with E-state index >= 15 is 0 Å². The molecule has 0 spiro atoms. The van der Waals surface area contributed by atoms with E-state index < -0.39 is 0 Å². The van der Waals surface area contributed by atoms with Crippen molar-refractivity contribution < 1.29 is 14.3 Å². The highest BCUT2D eigenvalue weighted by Crippen LogP contribution is 2.39. The van der Waals surface area contributed by atoms with Gasteiger partial charge in [-0.2, -0.15) is 0 Å². The summed E-state index contributed by atoms with van der Waals surface area (Å²) in [6, 6.07) is 14.2. The number of para-hydroxylation sites is 2. The topological polar surface area (TPSA) is 56.6 Å². The molecule has 1 saturated heterocycles. The zero-order valence-corrected chi connectivity index (χ0v) is 25.8. The fraction of sp³-hybridized carbons (Fsp3) is 0.611. The van der Waals surface area contributed by atoms with E-state index in [0.717, 1.165) is 35.7 Å². The Morgan fingerprint density at radius 3 is 2.07 bits per heavy atom. The molecule has 1 aromatic heterocycles. The maximum atomic E-state index is 13.1. The molecule has 2 aliphatic heterocycles. The second-order valence-electron chi connectivity index (χ2n) is 12.4. The number of hydrogen-bond acceptors (Lipinski definition) is 4. The molecule has 228 valence electrons. The van der Waals surface area contributed by atoms with Gasteiger partial charge in [-0.1, -0.05) is 115 Å². The van der Waals surface area contributed by atoms with Gasteiger partial charge in [-0.05, 0) is 30.7 Å². The minimum absolute atomic E-state index is 0.0800. The van der Waals surface area contributed by atoms with Crippen molar-refractivity contribution in [3.8, 4) is 11.5 Å². The lowest BCUT2D eigenvalue weighted by molar-refractivity contribution is -0.117. The summed E-state index contributed by atoms with van der Waals surface area (Å²) in [5, 5.41) is 0. The molecule has 0 aliphatic carbocycles. The van der Waals surface area contributed by atoms with E-state index in [4.69, 9.17) is 14.5 Å². The quantitative estimate of drug-likeness (QED) is 0.134. The number of aromatic nitrogens is 2. The standard InChI is InChI=1S/C36H51N3O3/c1-2-3-4-5-6-7-8-9-10-11-12-13-14-15-16-19-24-38-32-21-18-17-20-31(32)37-36(38)29-25-35(40)39(27-29)30-22-23-33-34(26-30)42-28-41-33/h17-18,20-23,26,29H,2-16,19,24-25,27-28H2,1H3. The Bertz CT molecular complexity index is 1270. The number of nitrogens with zero attached hydrogens (tertiary/aromatic N) is 3. The van der Waals surface area contributed by atoms with Crippen LogP contribution in [0.2, 0.25) is 0 Å². The normalized spacial score (nSPS) is 16.3. The van der Waals surface area contributed by atoms with Crippen LogP contribution in [0.15, 0.2) is 42.5 Å². The van der Waals surface area contributed by atoms with Gasteiger partial charge in [-0.15, -0.1) is 0 Å². The predicted molar refractivity (Wildman–Crippen MR) is 172 cm³/mol.